The molecule has 0 amide bonds. The van der Waals surface area contributed by atoms with Crippen molar-refractivity contribution in [3.8, 4) is 11.8 Å². The number of allylic oxidation sites excluding steroid dienone is 4. The predicted molar refractivity (Wildman–Crippen MR) is 87.4 cm³/mol. The van der Waals surface area contributed by atoms with Crippen molar-refractivity contribution >= 4 is 8.07 Å². The summed E-state index contributed by atoms with van der Waals surface area (Å²) >= 11 is 0. The first-order valence-electron chi connectivity index (χ1n) is 7.39. The van der Waals surface area contributed by atoms with E-state index in [1.807, 2.05) is 6.08 Å². The van der Waals surface area contributed by atoms with Crippen molar-refractivity contribution in [2.24, 2.45) is 0 Å². The maximum atomic E-state index is 3.38. The maximum Gasteiger partial charge on any atom is 0.0880 e. The first-order valence-corrected chi connectivity index (χ1v) is 10.9. The molecule has 0 atom stereocenters. The van der Waals surface area contributed by atoms with E-state index in [4.69, 9.17) is 0 Å². The summed E-state index contributed by atoms with van der Waals surface area (Å²) in [5.74, 6) is 6.60. The molecule has 0 aliphatic heterocycles. The Morgan fingerprint density at radius 1 is 1.00 bits per heavy atom. The van der Waals surface area contributed by atoms with Crippen LogP contribution in [0.2, 0.25) is 19.6 Å². The van der Waals surface area contributed by atoms with Gasteiger partial charge in [-0.25, -0.2) is 0 Å². The molecule has 0 fully saturated rings. The van der Waals surface area contributed by atoms with E-state index in [-0.39, 0.29) is 0 Å². The Kier molecular flexibility index (Phi) is 9.78. The summed E-state index contributed by atoms with van der Waals surface area (Å²) in [5, 5.41) is 1.41. The van der Waals surface area contributed by atoms with Crippen LogP contribution < -0.4 is 0 Å². The summed E-state index contributed by atoms with van der Waals surface area (Å²) in [6, 6.07) is 0. The lowest BCUT2D eigenvalue weighted by atomic mass is 10.2. The van der Waals surface area contributed by atoms with E-state index in [0.29, 0.717) is 0 Å². The third-order valence-corrected chi connectivity index (χ3v) is 4.79. The highest BCUT2D eigenvalue weighted by Gasteiger charge is 2.17. The highest BCUT2D eigenvalue weighted by atomic mass is 28.3. The Bertz CT molecular complexity index is 318. The minimum Gasteiger partial charge on any atom is -0.0771 e. The van der Waals surface area contributed by atoms with Crippen LogP contribution in [0.1, 0.15) is 52.4 Å². The zero-order valence-electron chi connectivity index (χ0n) is 13.0. The van der Waals surface area contributed by atoms with Crippen LogP contribution in [-0.2, 0) is 0 Å². The van der Waals surface area contributed by atoms with Crippen molar-refractivity contribution in [2.45, 2.75) is 72.0 Å². The van der Waals surface area contributed by atoms with Crippen molar-refractivity contribution in [1.29, 1.82) is 0 Å². The fourth-order valence-corrected chi connectivity index (χ4v) is 2.78. The van der Waals surface area contributed by atoms with Gasteiger partial charge in [0.15, 0.2) is 0 Å². The molecule has 0 bridgehead atoms. The van der Waals surface area contributed by atoms with Gasteiger partial charge in [0.25, 0.3) is 0 Å². The second-order valence-electron chi connectivity index (χ2n) is 5.82. The van der Waals surface area contributed by atoms with E-state index >= 15 is 0 Å². The zero-order chi connectivity index (χ0) is 13.9. The minimum absolute atomic E-state index is 1.16. The van der Waals surface area contributed by atoms with Gasteiger partial charge in [0.05, 0.1) is 8.07 Å². The summed E-state index contributed by atoms with van der Waals surface area (Å²) in [4.78, 5) is 0. The molecular weight excluding hydrogens is 232 g/mol. The van der Waals surface area contributed by atoms with Crippen molar-refractivity contribution in [2.75, 3.05) is 0 Å². The number of hydrogen-bond acceptors (Lipinski definition) is 0. The van der Waals surface area contributed by atoms with Crippen LogP contribution in [-0.4, -0.2) is 8.07 Å². The molecule has 0 aliphatic carbocycles. The number of rotatable bonds is 7. The van der Waals surface area contributed by atoms with Crippen molar-refractivity contribution in [3.05, 3.63) is 23.4 Å². The number of hydrogen-bond donors (Lipinski definition) is 0. The lowest BCUT2D eigenvalue weighted by molar-refractivity contribution is 0.814. The number of unbranched alkanes of at least 4 members (excludes halogenated alkanes) is 4. The standard InChI is InChI=1S/C17H30Si/c1-6-8-10-11-12-14-16-17(18(3,4)5)15-13-9-7-2/h11-12,15H,6-10,13H2,1-5H3/b12-11-,17-15-. The molecule has 0 aromatic carbocycles. The monoisotopic (exact) mass is 262 g/mol. The summed E-state index contributed by atoms with van der Waals surface area (Å²) in [6.45, 7) is 11.6. The Balaban J connectivity index is 4.47. The Labute approximate surface area is 116 Å². The van der Waals surface area contributed by atoms with Gasteiger partial charge in [0.2, 0.25) is 0 Å². The second-order valence-corrected chi connectivity index (χ2v) is 10.9. The highest BCUT2D eigenvalue weighted by Crippen LogP contribution is 2.15. The molecule has 0 saturated carbocycles. The molecule has 0 spiro atoms. The highest BCUT2D eigenvalue weighted by molar-refractivity contribution is 6.84. The third kappa shape index (κ3) is 9.30. The normalized spacial score (nSPS) is 12.6. The molecule has 18 heavy (non-hydrogen) atoms. The fourth-order valence-electron chi connectivity index (χ4n) is 1.58. The Hall–Kier alpha value is -0.743. The second kappa shape index (κ2) is 10.2. The maximum absolute atomic E-state index is 3.38. The average molecular weight is 263 g/mol. The van der Waals surface area contributed by atoms with Gasteiger partial charge < -0.3 is 0 Å². The van der Waals surface area contributed by atoms with Gasteiger partial charge in [-0.1, -0.05) is 83.2 Å². The molecule has 102 valence electrons. The fraction of sp³-hybridized carbons (Fsp3) is 0.647. The van der Waals surface area contributed by atoms with Crippen LogP contribution >= 0.6 is 0 Å². The molecule has 0 nitrogen and oxygen atoms in total. The molecule has 0 saturated heterocycles. The first-order chi connectivity index (χ1) is 8.52. The molecule has 0 aromatic heterocycles. The van der Waals surface area contributed by atoms with E-state index in [2.05, 4.69) is 57.5 Å². The van der Waals surface area contributed by atoms with Gasteiger partial charge in [0.1, 0.15) is 0 Å². The molecule has 0 rings (SSSR count). The lowest BCUT2D eigenvalue weighted by Crippen LogP contribution is -2.23. The van der Waals surface area contributed by atoms with Gasteiger partial charge in [0, 0.05) is 0 Å². The summed E-state index contributed by atoms with van der Waals surface area (Å²) in [7, 11) is -1.26. The van der Waals surface area contributed by atoms with Crippen LogP contribution in [0.25, 0.3) is 0 Å². The minimum atomic E-state index is -1.26. The van der Waals surface area contributed by atoms with E-state index in [9.17, 15) is 0 Å². The third-order valence-electron chi connectivity index (χ3n) is 2.85. The van der Waals surface area contributed by atoms with Gasteiger partial charge in [-0.15, -0.1) is 0 Å². The van der Waals surface area contributed by atoms with Crippen LogP contribution in [0, 0.1) is 11.8 Å². The van der Waals surface area contributed by atoms with E-state index < -0.39 is 8.07 Å². The lowest BCUT2D eigenvalue weighted by Gasteiger charge is -2.15. The average Bonchev–Trinajstić information content (AvgIpc) is 2.30. The van der Waals surface area contributed by atoms with Gasteiger partial charge >= 0.3 is 0 Å². The molecule has 0 N–H and O–H groups in total. The molecule has 0 heterocycles. The van der Waals surface area contributed by atoms with Crippen molar-refractivity contribution < 1.29 is 0 Å². The summed E-state index contributed by atoms with van der Waals surface area (Å²) in [5.41, 5.74) is 0. The SMILES string of the molecule is CCCC/C=C\C#C/C(=C/CCCC)[Si](C)(C)C. The molecular formula is C17H30Si. The Morgan fingerprint density at radius 3 is 2.17 bits per heavy atom. The molecule has 0 radical (unpaired) electrons. The topological polar surface area (TPSA) is 0 Å². The van der Waals surface area contributed by atoms with Gasteiger partial charge in [-0.2, -0.15) is 0 Å². The smallest absolute Gasteiger partial charge is 0.0771 e. The summed E-state index contributed by atoms with van der Waals surface area (Å²) < 4.78 is 0. The summed E-state index contributed by atoms with van der Waals surface area (Å²) in [6.07, 6.45) is 14.0. The van der Waals surface area contributed by atoms with E-state index in [0.717, 1.165) is 6.42 Å². The van der Waals surface area contributed by atoms with Crippen LogP contribution in [0.5, 0.6) is 0 Å². The Morgan fingerprint density at radius 2 is 1.61 bits per heavy atom. The molecule has 0 aromatic rings. The quantitative estimate of drug-likeness (QED) is 0.312. The van der Waals surface area contributed by atoms with Crippen LogP contribution in [0.15, 0.2) is 23.4 Å². The van der Waals surface area contributed by atoms with Crippen LogP contribution in [0.4, 0.5) is 0 Å². The largest absolute Gasteiger partial charge is 0.0880 e. The van der Waals surface area contributed by atoms with E-state index in [1.165, 1.54) is 37.3 Å². The van der Waals surface area contributed by atoms with Gasteiger partial charge in [-0.05, 0) is 24.1 Å². The molecule has 0 unspecified atom stereocenters. The van der Waals surface area contributed by atoms with Gasteiger partial charge in [-0.3, -0.25) is 0 Å². The molecule has 0 aliphatic rings. The van der Waals surface area contributed by atoms with Crippen molar-refractivity contribution in [3.63, 3.8) is 0 Å². The van der Waals surface area contributed by atoms with Crippen LogP contribution in [0.3, 0.4) is 0 Å². The predicted octanol–water partition coefficient (Wildman–Crippen LogP) is 5.73. The van der Waals surface area contributed by atoms with E-state index in [1.54, 1.807) is 0 Å². The first kappa shape index (κ1) is 17.3. The zero-order valence-corrected chi connectivity index (χ0v) is 14.0. The van der Waals surface area contributed by atoms with Crippen molar-refractivity contribution in [1.82, 2.24) is 0 Å². The molecule has 1 heteroatoms.